The minimum atomic E-state index is -3.77. The Kier molecular flexibility index (Phi) is 8.91. The summed E-state index contributed by atoms with van der Waals surface area (Å²) in [5, 5.41) is 3.32. The largest absolute Gasteiger partial charge is 0.352 e. The summed E-state index contributed by atoms with van der Waals surface area (Å²) >= 11 is 6.11. The molecule has 2 rings (SSSR count). The molecule has 0 saturated heterocycles. The maximum Gasteiger partial charge on any atom is 0.244 e. The number of rotatable bonds is 9. The van der Waals surface area contributed by atoms with Gasteiger partial charge in [-0.05, 0) is 63.4 Å². The van der Waals surface area contributed by atoms with Crippen molar-refractivity contribution in [3.05, 3.63) is 64.2 Å². The molecular formula is C24H32ClN3O4S. The van der Waals surface area contributed by atoms with E-state index in [1.54, 1.807) is 57.2 Å². The van der Waals surface area contributed by atoms with Crippen molar-refractivity contribution in [2.45, 2.75) is 53.2 Å². The maximum atomic E-state index is 13.5. The number of carbonyl (C=O) groups excluding carboxylic acids is 2. The molecule has 0 aliphatic rings. The van der Waals surface area contributed by atoms with E-state index in [1.165, 1.54) is 4.90 Å². The second kappa shape index (κ2) is 11.0. The van der Waals surface area contributed by atoms with E-state index in [4.69, 9.17) is 11.6 Å². The van der Waals surface area contributed by atoms with Gasteiger partial charge in [0.15, 0.2) is 0 Å². The van der Waals surface area contributed by atoms with Crippen molar-refractivity contribution in [1.29, 1.82) is 0 Å². The number of hydrogen-bond donors (Lipinski definition) is 1. The molecule has 2 aromatic carbocycles. The Balaban J connectivity index is 2.45. The molecule has 1 N–H and O–H groups in total. The smallest absolute Gasteiger partial charge is 0.244 e. The molecule has 0 radical (unpaired) electrons. The third-order valence-corrected chi connectivity index (χ3v) is 6.56. The molecule has 1 atom stereocenters. The first kappa shape index (κ1) is 26.7. The fourth-order valence-electron chi connectivity index (χ4n) is 3.59. The molecule has 0 heterocycles. The number of benzene rings is 2. The highest BCUT2D eigenvalue weighted by Crippen LogP contribution is 2.27. The van der Waals surface area contributed by atoms with E-state index < -0.39 is 28.5 Å². The predicted molar refractivity (Wildman–Crippen MR) is 133 cm³/mol. The van der Waals surface area contributed by atoms with Gasteiger partial charge < -0.3 is 10.2 Å². The molecule has 9 heteroatoms. The van der Waals surface area contributed by atoms with Gasteiger partial charge in [0, 0.05) is 17.6 Å². The zero-order chi connectivity index (χ0) is 24.9. The first-order chi connectivity index (χ1) is 15.3. The van der Waals surface area contributed by atoms with Gasteiger partial charge in [-0.3, -0.25) is 13.9 Å². The van der Waals surface area contributed by atoms with E-state index in [0.717, 1.165) is 27.3 Å². The quantitative estimate of drug-likeness (QED) is 0.577. The van der Waals surface area contributed by atoms with E-state index in [1.807, 2.05) is 19.9 Å². The van der Waals surface area contributed by atoms with Gasteiger partial charge >= 0.3 is 0 Å². The molecule has 0 aliphatic heterocycles. The molecule has 0 fully saturated rings. The normalized spacial score (nSPS) is 12.4. The number of anilines is 1. The molecule has 0 aliphatic carbocycles. The first-order valence-electron chi connectivity index (χ1n) is 10.7. The lowest BCUT2D eigenvalue weighted by Crippen LogP contribution is -2.52. The molecule has 2 aromatic rings. The van der Waals surface area contributed by atoms with Gasteiger partial charge in [0.1, 0.15) is 12.6 Å². The number of nitrogens with zero attached hydrogens (tertiary/aromatic N) is 2. The van der Waals surface area contributed by atoms with Gasteiger partial charge in [-0.25, -0.2) is 8.42 Å². The molecule has 0 spiro atoms. The molecule has 0 aromatic heterocycles. The zero-order valence-corrected chi connectivity index (χ0v) is 21.5. The number of para-hydroxylation sites is 1. The number of halogens is 1. The first-order valence-corrected chi connectivity index (χ1v) is 12.9. The summed E-state index contributed by atoms with van der Waals surface area (Å²) in [5.74, 6) is -0.812. The molecule has 0 unspecified atom stereocenters. The van der Waals surface area contributed by atoms with Crippen LogP contribution >= 0.6 is 11.6 Å². The fraction of sp³-hybridized carbons (Fsp3) is 0.417. The Morgan fingerprint density at radius 1 is 1.03 bits per heavy atom. The van der Waals surface area contributed by atoms with Crippen molar-refractivity contribution in [3.8, 4) is 0 Å². The number of hydrogen-bond acceptors (Lipinski definition) is 4. The summed E-state index contributed by atoms with van der Waals surface area (Å²) < 4.78 is 26.5. The fourth-order valence-corrected chi connectivity index (χ4v) is 4.77. The SMILES string of the molecule is Cc1cccc(C)c1N(CC(=O)N(Cc1cccc(Cl)c1)[C@H](C)C(=O)NC(C)C)S(C)(=O)=O. The Morgan fingerprint density at radius 3 is 2.12 bits per heavy atom. The van der Waals surface area contributed by atoms with E-state index in [-0.39, 0.29) is 18.5 Å². The topological polar surface area (TPSA) is 86.8 Å². The number of nitrogens with one attached hydrogen (secondary N) is 1. The minimum absolute atomic E-state index is 0.106. The van der Waals surface area contributed by atoms with Crippen LogP contribution in [0.2, 0.25) is 5.02 Å². The second-order valence-corrected chi connectivity index (χ2v) is 10.8. The van der Waals surface area contributed by atoms with Crippen LogP contribution in [0.15, 0.2) is 42.5 Å². The Labute approximate surface area is 201 Å². The standard InChI is InChI=1S/C24H32ClN3O4S/c1-16(2)26-24(30)19(5)27(14-20-11-8-12-21(25)13-20)22(29)15-28(33(6,31)32)23-17(3)9-7-10-18(23)4/h7-13,16,19H,14-15H2,1-6H3,(H,26,30)/t19-/m1/s1. The summed E-state index contributed by atoms with van der Waals surface area (Å²) in [6.07, 6.45) is 1.07. The molecule has 2 amide bonds. The zero-order valence-electron chi connectivity index (χ0n) is 19.9. The lowest BCUT2D eigenvalue weighted by atomic mass is 10.1. The summed E-state index contributed by atoms with van der Waals surface area (Å²) in [7, 11) is -3.77. The van der Waals surface area contributed by atoms with Gasteiger partial charge in [-0.1, -0.05) is 41.9 Å². The van der Waals surface area contributed by atoms with Crippen LogP contribution < -0.4 is 9.62 Å². The van der Waals surface area contributed by atoms with Crippen molar-refractivity contribution in [3.63, 3.8) is 0 Å². The van der Waals surface area contributed by atoms with E-state index in [2.05, 4.69) is 5.32 Å². The molecule has 180 valence electrons. The van der Waals surface area contributed by atoms with E-state index in [9.17, 15) is 18.0 Å². The summed E-state index contributed by atoms with van der Waals surface area (Å²) in [6, 6.07) is 11.5. The van der Waals surface area contributed by atoms with Gasteiger partial charge in [-0.15, -0.1) is 0 Å². The average molecular weight is 494 g/mol. The third-order valence-electron chi connectivity index (χ3n) is 5.21. The highest BCUT2D eigenvalue weighted by atomic mass is 35.5. The summed E-state index contributed by atoms with van der Waals surface area (Å²) in [6.45, 7) is 8.58. The van der Waals surface area contributed by atoms with E-state index in [0.29, 0.717) is 10.7 Å². The Bertz CT molecular complexity index is 1100. The van der Waals surface area contributed by atoms with Crippen LogP contribution in [0.4, 0.5) is 5.69 Å². The predicted octanol–water partition coefficient (Wildman–Crippen LogP) is 3.66. The van der Waals surface area contributed by atoms with Gasteiger partial charge in [0.2, 0.25) is 21.8 Å². The Morgan fingerprint density at radius 2 is 1.61 bits per heavy atom. The van der Waals surface area contributed by atoms with Crippen LogP contribution in [0.5, 0.6) is 0 Å². The third kappa shape index (κ3) is 7.20. The van der Waals surface area contributed by atoms with E-state index >= 15 is 0 Å². The van der Waals surface area contributed by atoms with Crippen LogP contribution in [0.25, 0.3) is 0 Å². The van der Waals surface area contributed by atoms with Crippen molar-refractivity contribution in [1.82, 2.24) is 10.2 Å². The monoisotopic (exact) mass is 493 g/mol. The highest BCUT2D eigenvalue weighted by molar-refractivity contribution is 7.92. The van der Waals surface area contributed by atoms with Crippen molar-refractivity contribution < 1.29 is 18.0 Å². The van der Waals surface area contributed by atoms with Crippen LogP contribution in [0, 0.1) is 13.8 Å². The lowest BCUT2D eigenvalue weighted by Gasteiger charge is -2.32. The van der Waals surface area contributed by atoms with Crippen molar-refractivity contribution >= 4 is 39.1 Å². The number of sulfonamides is 1. The Hall–Kier alpha value is -2.58. The average Bonchev–Trinajstić information content (AvgIpc) is 2.69. The maximum absolute atomic E-state index is 13.5. The molecule has 7 nitrogen and oxygen atoms in total. The van der Waals surface area contributed by atoms with Gasteiger partial charge in [0.05, 0.1) is 11.9 Å². The van der Waals surface area contributed by atoms with Crippen LogP contribution in [-0.2, 0) is 26.2 Å². The molecule has 0 saturated carbocycles. The molecule has 33 heavy (non-hydrogen) atoms. The lowest BCUT2D eigenvalue weighted by molar-refractivity contribution is -0.139. The molecule has 0 bridgehead atoms. The van der Waals surface area contributed by atoms with Gasteiger partial charge in [-0.2, -0.15) is 0 Å². The summed E-state index contributed by atoms with van der Waals surface area (Å²) in [5.41, 5.74) is 2.67. The van der Waals surface area contributed by atoms with Crippen molar-refractivity contribution in [2.24, 2.45) is 0 Å². The van der Waals surface area contributed by atoms with Crippen LogP contribution in [0.3, 0.4) is 0 Å². The van der Waals surface area contributed by atoms with Crippen LogP contribution in [0.1, 0.15) is 37.5 Å². The van der Waals surface area contributed by atoms with Gasteiger partial charge in [0.25, 0.3) is 0 Å². The van der Waals surface area contributed by atoms with Crippen LogP contribution in [-0.4, -0.2) is 50.0 Å². The second-order valence-electron chi connectivity index (χ2n) is 8.50. The summed E-state index contributed by atoms with van der Waals surface area (Å²) in [4.78, 5) is 27.7. The number of aryl methyl sites for hydroxylation is 2. The number of amides is 2. The minimum Gasteiger partial charge on any atom is -0.352 e. The van der Waals surface area contributed by atoms with Crippen molar-refractivity contribution in [2.75, 3.05) is 17.1 Å². The number of carbonyl (C=O) groups is 2. The molecular weight excluding hydrogens is 462 g/mol. The highest BCUT2D eigenvalue weighted by Gasteiger charge is 2.31.